The van der Waals surface area contributed by atoms with E-state index in [1.165, 1.54) is 18.2 Å². The molecule has 0 unspecified atom stereocenters. The number of phenolic OH excluding ortho intramolecular Hbond substituents is 2. The van der Waals surface area contributed by atoms with E-state index < -0.39 is 5.91 Å². The molecule has 1 amide bonds. The Bertz CT molecular complexity index is 659. The number of benzene rings is 2. The van der Waals surface area contributed by atoms with E-state index in [1.807, 2.05) is 0 Å². The van der Waals surface area contributed by atoms with Gasteiger partial charge in [0.05, 0.1) is 10.7 Å². The number of halogens is 1. The lowest BCUT2D eigenvalue weighted by Crippen LogP contribution is -2.11. The summed E-state index contributed by atoms with van der Waals surface area (Å²) in [4.78, 5) is 11.1. The quantitative estimate of drug-likeness (QED) is 0.651. The molecule has 6 heteroatoms. The number of rotatable bonds is 4. The molecule has 0 radical (unpaired) electrons. The van der Waals surface area contributed by atoms with Crippen molar-refractivity contribution in [2.45, 2.75) is 6.54 Å². The minimum atomic E-state index is -0.551. The van der Waals surface area contributed by atoms with E-state index in [-0.39, 0.29) is 18.0 Å². The summed E-state index contributed by atoms with van der Waals surface area (Å²) >= 11 is 6.01. The zero-order valence-electron chi connectivity index (χ0n) is 10.4. The molecule has 20 heavy (non-hydrogen) atoms. The summed E-state index contributed by atoms with van der Waals surface area (Å²) in [5, 5.41) is 22.5. The molecule has 0 aliphatic heterocycles. The van der Waals surface area contributed by atoms with Crippen LogP contribution in [0.2, 0.25) is 5.02 Å². The third-order valence-corrected chi connectivity index (χ3v) is 3.15. The van der Waals surface area contributed by atoms with E-state index in [9.17, 15) is 15.0 Å². The minimum Gasteiger partial charge on any atom is -0.504 e. The number of hydrogen-bond donors (Lipinski definition) is 4. The summed E-state index contributed by atoms with van der Waals surface area (Å²) in [6.45, 7) is 0.238. The topological polar surface area (TPSA) is 95.6 Å². The van der Waals surface area contributed by atoms with E-state index >= 15 is 0 Å². The maximum atomic E-state index is 11.1. The van der Waals surface area contributed by atoms with Crippen LogP contribution in [0.5, 0.6) is 11.5 Å². The Morgan fingerprint density at radius 1 is 1.25 bits per heavy atom. The average molecular weight is 293 g/mol. The van der Waals surface area contributed by atoms with Crippen molar-refractivity contribution < 1.29 is 15.0 Å². The Morgan fingerprint density at radius 3 is 2.70 bits per heavy atom. The number of amides is 1. The van der Waals surface area contributed by atoms with Gasteiger partial charge in [-0.05, 0) is 24.3 Å². The number of para-hydroxylation sites is 1. The highest BCUT2D eigenvalue weighted by Gasteiger charge is 2.08. The first-order chi connectivity index (χ1) is 9.49. The van der Waals surface area contributed by atoms with Crippen LogP contribution in [0.1, 0.15) is 15.9 Å². The zero-order valence-corrected chi connectivity index (χ0v) is 11.2. The SMILES string of the molecule is NC(=O)c1ccc(Cl)c(NCc2cccc(O)c2O)c1. The number of phenols is 2. The first-order valence-electron chi connectivity index (χ1n) is 5.82. The lowest BCUT2D eigenvalue weighted by molar-refractivity contribution is 0.100. The summed E-state index contributed by atoms with van der Waals surface area (Å²) in [6.07, 6.45) is 0. The maximum absolute atomic E-state index is 11.1. The highest BCUT2D eigenvalue weighted by molar-refractivity contribution is 6.33. The number of carbonyl (C=O) groups excluding carboxylic acids is 1. The molecule has 0 heterocycles. The highest BCUT2D eigenvalue weighted by atomic mass is 35.5. The molecule has 0 bridgehead atoms. The van der Waals surface area contributed by atoms with Gasteiger partial charge in [0, 0.05) is 17.7 Å². The summed E-state index contributed by atoms with van der Waals surface area (Å²) in [5.74, 6) is -0.937. The van der Waals surface area contributed by atoms with Crippen molar-refractivity contribution in [1.82, 2.24) is 0 Å². The molecule has 0 spiro atoms. The van der Waals surface area contributed by atoms with Gasteiger partial charge in [-0.3, -0.25) is 4.79 Å². The first kappa shape index (κ1) is 14.0. The summed E-state index contributed by atoms with van der Waals surface area (Å²) in [5.41, 5.74) is 6.56. The highest BCUT2D eigenvalue weighted by Crippen LogP contribution is 2.30. The van der Waals surface area contributed by atoms with Crippen molar-refractivity contribution >= 4 is 23.2 Å². The molecule has 2 aromatic carbocycles. The second kappa shape index (κ2) is 5.71. The van der Waals surface area contributed by atoms with Crippen LogP contribution in [0, 0.1) is 0 Å². The van der Waals surface area contributed by atoms with Crippen LogP contribution in [0.25, 0.3) is 0 Å². The van der Waals surface area contributed by atoms with Gasteiger partial charge in [-0.25, -0.2) is 0 Å². The predicted molar refractivity (Wildman–Crippen MR) is 77.1 cm³/mol. The van der Waals surface area contributed by atoms with Crippen LogP contribution in [-0.2, 0) is 6.54 Å². The summed E-state index contributed by atoms with van der Waals surface area (Å²) in [7, 11) is 0. The number of aromatic hydroxyl groups is 2. The van der Waals surface area contributed by atoms with Crippen LogP contribution in [-0.4, -0.2) is 16.1 Å². The third-order valence-electron chi connectivity index (χ3n) is 2.82. The molecular weight excluding hydrogens is 280 g/mol. The number of primary amides is 1. The Kier molecular flexibility index (Phi) is 4.00. The van der Waals surface area contributed by atoms with Gasteiger partial charge in [0.15, 0.2) is 11.5 Å². The van der Waals surface area contributed by atoms with Crippen molar-refractivity contribution in [2.24, 2.45) is 5.73 Å². The second-order valence-corrected chi connectivity index (χ2v) is 4.60. The van der Waals surface area contributed by atoms with Gasteiger partial charge < -0.3 is 21.3 Å². The van der Waals surface area contributed by atoms with Crippen LogP contribution in [0.3, 0.4) is 0 Å². The zero-order chi connectivity index (χ0) is 14.7. The second-order valence-electron chi connectivity index (χ2n) is 4.20. The minimum absolute atomic E-state index is 0.192. The van der Waals surface area contributed by atoms with Gasteiger partial charge >= 0.3 is 0 Å². The molecule has 0 aromatic heterocycles. The Hall–Kier alpha value is -2.40. The standard InChI is InChI=1S/C14H13ClN2O3/c15-10-5-4-8(14(16)20)6-11(10)17-7-9-2-1-3-12(18)13(9)19/h1-6,17-19H,7H2,(H2,16,20). The molecule has 0 aliphatic rings. The van der Waals surface area contributed by atoms with Gasteiger partial charge in [0.25, 0.3) is 0 Å². The normalized spacial score (nSPS) is 10.2. The fourth-order valence-corrected chi connectivity index (χ4v) is 1.91. The van der Waals surface area contributed by atoms with Gasteiger partial charge in [0.1, 0.15) is 0 Å². The maximum Gasteiger partial charge on any atom is 0.248 e. The Balaban J connectivity index is 2.20. The molecule has 0 fully saturated rings. The van der Waals surface area contributed by atoms with Gasteiger partial charge in [0.2, 0.25) is 5.91 Å². The molecular formula is C14H13ClN2O3. The molecule has 0 saturated carbocycles. The lowest BCUT2D eigenvalue weighted by atomic mass is 10.1. The van der Waals surface area contributed by atoms with E-state index in [0.29, 0.717) is 21.8 Å². The van der Waals surface area contributed by atoms with Crippen LogP contribution in [0.15, 0.2) is 36.4 Å². The molecule has 2 rings (SSSR count). The van der Waals surface area contributed by atoms with Crippen molar-refractivity contribution in [2.75, 3.05) is 5.32 Å². The monoisotopic (exact) mass is 292 g/mol. The molecule has 0 aliphatic carbocycles. The van der Waals surface area contributed by atoms with Crippen LogP contribution < -0.4 is 11.1 Å². The van der Waals surface area contributed by atoms with Crippen LogP contribution >= 0.6 is 11.6 Å². The smallest absolute Gasteiger partial charge is 0.248 e. The Labute approximate surface area is 120 Å². The van der Waals surface area contributed by atoms with Gasteiger partial charge in [-0.1, -0.05) is 23.7 Å². The number of carbonyl (C=O) groups is 1. The molecule has 0 saturated heterocycles. The van der Waals surface area contributed by atoms with E-state index in [4.69, 9.17) is 17.3 Å². The number of nitrogens with two attached hydrogens (primary N) is 1. The molecule has 2 aromatic rings. The van der Waals surface area contributed by atoms with E-state index in [0.717, 1.165) is 0 Å². The number of anilines is 1. The van der Waals surface area contributed by atoms with Gasteiger partial charge in [-0.2, -0.15) is 0 Å². The molecule has 0 atom stereocenters. The fourth-order valence-electron chi connectivity index (χ4n) is 1.72. The molecule has 5 N–H and O–H groups in total. The van der Waals surface area contributed by atoms with Crippen molar-refractivity contribution in [3.8, 4) is 11.5 Å². The van der Waals surface area contributed by atoms with Crippen molar-refractivity contribution in [3.63, 3.8) is 0 Å². The van der Waals surface area contributed by atoms with Crippen molar-refractivity contribution in [1.29, 1.82) is 0 Å². The predicted octanol–water partition coefficient (Wildman–Crippen LogP) is 2.46. The number of hydrogen-bond acceptors (Lipinski definition) is 4. The summed E-state index contributed by atoms with van der Waals surface area (Å²) in [6, 6.07) is 9.29. The average Bonchev–Trinajstić information content (AvgIpc) is 2.41. The lowest BCUT2D eigenvalue weighted by Gasteiger charge is -2.11. The van der Waals surface area contributed by atoms with E-state index in [2.05, 4.69) is 5.32 Å². The molecule has 5 nitrogen and oxygen atoms in total. The van der Waals surface area contributed by atoms with Gasteiger partial charge in [-0.15, -0.1) is 0 Å². The fraction of sp³-hybridized carbons (Fsp3) is 0.0714. The van der Waals surface area contributed by atoms with Crippen LogP contribution in [0.4, 0.5) is 5.69 Å². The number of nitrogens with one attached hydrogen (secondary N) is 1. The third kappa shape index (κ3) is 2.95. The van der Waals surface area contributed by atoms with E-state index in [1.54, 1.807) is 18.2 Å². The summed E-state index contributed by atoms with van der Waals surface area (Å²) < 4.78 is 0. The molecule has 104 valence electrons. The first-order valence-corrected chi connectivity index (χ1v) is 6.20. The Morgan fingerprint density at radius 2 is 2.00 bits per heavy atom. The van der Waals surface area contributed by atoms with Crippen molar-refractivity contribution in [3.05, 3.63) is 52.5 Å². The largest absolute Gasteiger partial charge is 0.504 e.